The molecule has 0 aliphatic carbocycles. The van der Waals surface area contributed by atoms with E-state index in [1.165, 1.54) is 6.21 Å². The molecule has 1 heterocycles. The number of ether oxygens (including phenoxy) is 3. The van der Waals surface area contributed by atoms with Crippen LogP contribution in [0.25, 0.3) is 10.8 Å². The minimum absolute atomic E-state index is 0.148. The lowest BCUT2D eigenvalue weighted by molar-refractivity contribution is -0.123. The lowest BCUT2D eigenvalue weighted by Gasteiger charge is -2.06. The summed E-state index contributed by atoms with van der Waals surface area (Å²) in [7, 11) is 0. The van der Waals surface area contributed by atoms with E-state index in [1.807, 2.05) is 42.5 Å². The number of halogens is 1. The molecular weight excluding hydrogens is 368 g/mol. The van der Waals surface area contributed by atoms with Crippen LogP contribution in [-0.4, -0.2) is 25.5 Å². The molecule has 0 saturated carbocycles. The highest BCUT2D eigenvalue weighted by Gasteiger charge is 2.15. The summed E-state index contributed by atoms with van der Waals surface area (Å²) in [6.45, 7) is 0.0135. The fourth-order valence-corrected chi connectivity index (χ4v) is 2.85. The minimum atomic E-state index is -0.378. The van der Waals surface area contributed by atoms with Crippen molar-refractivity contribution in [1.82, 2.24) is 5.43 Å². The molecule has 0 atom stereocenters. The number of hydrogen-bond donors (Lipinski definition) is 1. The third-order valence-corrected chi connectivity index (χ3v) is 4.30. The number of benzene rings is 3. The third kappa shape index (κ3) is 3.96. The van der Waals surface area contributed by atoms with Crippen molar-refractivity contribution in [3.05, 3.63) is 65.2 Å². The maximum atomic E-state index is 11.9. The van der Waals surface area contributed by atoms with Crippen molar-refractivity contribution >= 4 is 34.5 Å². The normalized spacial score (nSPS) is 12.5. The molecule has 0 radical (unpaired) electrons. The smallest absolute Gasteiger partial charge is 0.277 e. The van der Waals surface area contributed by atoms with Gasteiger partial charge in [0.15, 0.2) is 18.1 Å². The number of amides is 1. The van der Waals surface area contributed by atoms with E-state index >= 15 is 0 Å². The molecule has 1 aliphatic heterocycles. The molecule has 3 aromatic carbocycles. The molecular formula is C20H15ClN2O4. The summed E-state index contributed by atoms with van der Waals surface area (Å²) in [4.78, 5) is 11.9. The largest absolute Gasteiger partial charge is 0.484 e. The van der Waals surface area contributed by atoms with Crippen LogP contribution in [-0.2, 0) is 4.79 Å². The van der Waals surface area contributed by atoms with Crippen molar-refractivity contribution < 1.29 is 19.0 Å². The fourth-order valence-electron chi connectivity index (χ4n) is 2.64. The van der Waals surface area contributed by atoms with Crippen molar-refractivity contribution in [2.24, 2.45) is 5.10 Å². The zero-order valence-corrected chi connectivity index (χ0v) is 14.9. The second kappa shape index (κ2) is 7.55. The Kier molecular flexibility index (Phi) is 4.80. The van der Waals surface area contributed by atoms with Crippen molar-refractivity contribution in [1.29, 1.82) is 0 Å². The maximum Gasteiger partial charge on any atom is 0.277 e. The van der Waals surface area contributed by atoms with Gasteiger partial charge in [-0.3, -0.25) is 4.79 Å². The quantitative estimate of drug-likeness (QED) is 0.539. The molecule has 0 spiro atoms. The molecule has 7 heteroatoms. The number of nitrogens with zero attached hydrogens (tertiary/aromatic N) is 1. The molecule has 0 unspecified atom stereocenters. The predicted octanol–water partition coefficient (Wildman–Crippen LogP) is 3.75. The average molecular weight is 383 g/mol. The highest BCUT2D eigenvalue weighted by Crippen LogP contribution is 2.36. The van der Waals surface area contributed by atoms with Gasteiger partial charge in [0.25, 0.3) is 5.91 Å². The molecule has 1 N–H and O–H groups in total. The lowest BCUT2D eigenvalue weighted by Crippen LogP contribution is -2.24. The highest BCUT2D eigenvalue weighted by molar-refractivity contribution is 6.33. The molecule has 6 nitrogen and oxygen atoms in total. The first-order valence-corrected chi connectivity index (χ1v) is 8.59. The second-order valence-corrected chi connectivity index (χ2v) is 6.22. The zero-order valence-electron chi connectivity index (χ0n) is 14.1. The highest BCUT2D eigenvalue weighted by atomic mass is 35.5. The van der Waals surface area contributed by atoms with Gasteiger partial charge >= 0.3 is 0 Å². The first-order chi connectivity index (χ1) is 13.2. The molecule has 4 rings (SSSR count). The van der Waals surface area contributed by atoms with E-state index in [0.29, 0.717) is 27.8 Å². The van der Waals surface area contributed by atoms with Gasteiger partial charge in [-0.1, -0.05) is 41.9 Å². The molecule has 27 heavy (non-hydrogen) atoms. The van der Waals surface area contributed by atoms with Gasteiger partial charge in [0.1, 0.15) is 5.75 Å². The van der Waals surface area contributed by atoms with Gasteiger partial charge in [-0.05, 0) is 29.0 Å². The Labute approximate surface area is 160 Å². The number of rotatable bonds is 5. The Morgan fingerprint density at radius 3 is 2.74 bits per heavy atom. The van der Waals surface area contributed by atoms with E-state index in [9.17, 15) is 4.79 Å². The molecule has 0 aromatic heterocycles. The van der Waals surface area contributed by atoms with Crippen molar-refractivity contribution in [2.45, 2.75) is 0 Å². The monoisotopic (exact) mass is 382 g/mol. The topological polar surface area (TPSA) is 69.2 Å². The summed E-state index contributed by atoms with van der Waals surface area (Å²) in [6.07, 6.45) is 1.44. The molecule has 0 saturated heterocycles. The van der Waals surface area contributed by atoms with Gasteiger partial charge in [0, 0.05) is 11.6 Å². The van der Waals surface area contributed by atoms with E-state index in [1.54, 1.807) is 12.1 Å². The first kappa shape index (κ1) is 17.2. The van der Waals surface area contributed by atoms with E-state index < -0.39 is 0 Å². The Balaban J connectivity index is 1.33. The SMILES string of the molecule is O=C(COc1ccc2ccccc2c1)N/N=C/c1cc2c(cc1Cl)OCO2. The molecule has 1 aliphatic rings. The second-order valence-electron chi connectivity index (χ2n) is 5.82. The van der Waals surface area contributed by atoms with Crippen LogP contribution < -0.4 is 19.6 Å². The molecule has 136 valence electrons. The van der Waals surface area contributed by atoms with E-state index in [-0.39, 0.29) is 19.3 Å². The van der Waals surface area contributed by atoms with Crippen LogP contribution in [0.3, 0.4) is 0 Å². The van der Waals surface area contributed by atoms with Crippen LogP contribution in [0.2, 0.25) is 5.02 Å². The summed E-state index contributed by atoms with van der Waals surface area (Å²) in [5, 5.41) is 6.51. The van der Waals surface area contributed by atoms with Gasteiger partial charge in [-0.2, -0.15) is 5.10 Å². The number of carbonyl (C=O) groups is 1. The summed E-state index contributed by atoms with van der Waals surface area (Å²) in [6, 6.07) is 16.9. The summed E-state index contributed by atoms with van der Waals surface area (Å²) in [5.74, 6) is 1.42. The first-order valence-electron chi connectivity index (χ1n) is 8.22. The van der Waals surface area contributed by atoms with Gasteiger partial charge < -0.3 is 14.2 Å². The Morgan fingerprint density at radius 1 is 1.11 bits per heavy atom. The van der Waals surface area contributed by atoms with E-state index in [4.69, 9.17) is 25.8 Å². The number of hydrogen-bond acceptors (Lipinski definition) is 5. The fraction of sp³-hybridized carbons (Fsp3) is 0.100. The van der Waals surface area contributed by atoms with Crippen LogP contribution in [0.1, 0.15) is 5.56 Å². The van der Waals surface area contributed by atoms with Crippen LogP contribution in [0.5, 0.6) is 17.2 Å². The molecule has 1 amide bonds. The molecule has 3 aromatic rings. The summed E-state index contributed by atoms with van der Waals surface area (Å²) < 4.78 is 16.0. The van der Waals surface area contributed by atoms with E-state index in [2.05, 4.69) is 10.5 Å². The van der Waals surface area contributed by atoms with Crippen molar-refractivity contribution in [2.75, 3.05) is 13.4 Å². The maximum absolute atomic E-state index is 11.9. The van der Waals surface area contributed by atoms with Crippen LogP contribution in [0.4, 0.5) is 0 Å². The predicted molar refractivity (Wildman–Crippen MR) is 103 cm³/mol. The lowest BCUT2D eigenvalue weighted by atomic mass is 10.1. The van der Waals surface area contributed by atoms with Crippen LogP contribution >= 0.6 is 11.6 Å². The van der Waals surface area contributed by atoms with Crippen LogP contribution in [0.15, 0.2) is 59.7 Å². The standard InChI is InChI=1S/C20H15ClN2O4/c21-17-9-19-18(26-12-27-19)8-15(17)10-22-23-20(24)11-25-16-6-5-13-3-1-2-4-14(13)7-16/h1-10H,11-12H2,(H,23,24)/b22-10+. The molecule has 0 fully saturated rings. The number of fused-ring (bicyclic) bond motifs is 2. The zero-order chi connectivity index (χ0) is 18.6. The van der Waals surface area contributed by atoms with Gasteiger partial charge in [0.05, 0.1) is 11.2 Å². The van der Waals surface area contributed by atoms with Crippen LogP contribution in [0, 0.1) is 0 Å². The van der Waals surface area contributed by atoms with E-state index in [0.717, 1.165) is 10.8 Å². The third-order valence-electron chi connectivity index (χ3n) is 3.98. The Morgan fingerprint density at radius 2 is 1.89 bits per heavy atom. The summed E-state index contributed by atoms with van der Waals surface area (Å²) in [5.41, 5.74) is 3.02. The minimum Gasteiger partial charge on any atom is -0.484 e. The van der Waals surface area contributed by atoms with Gasteiger partial charge in [-0.15, -0.1) is 0 Å². The number of hydrazone groups is 1. The summed E-state index contributed by atoms with van der Waals surface area (Å²) >= 11 is 6.15. The number of nitrogens with one attached hydrogen (secondary N) is 1. The van der Waals surface area contributed by atoms with Crippen molar-refractivity contribution in [3.8, 4) is 17.2 Å². The van der Waals surface area contributed by atoms with Crippen molar-refractivity contribution in [3.63, 3.8) is 0 Å². The Bertz CT molecular complexity index is 1040. The number of carbonyl (C=O) groups excluding carboxylic acids is 1. The average Bonchev–Trinajstić information content (AvgIpc) is 3.13. The Hall–Kier alpha value is -3.25. The molecule has 0 bridgehead atoms. The van der Waals surface area contributed by atoms with Gasteiger partial charge in [-0.25, -0.2) is 5.43 Å². The van der Waals surface area contributed by atoms with Gasteiger partial charge in [0.2, 0.25) is 6.79 Å².